The Morgan fingerprint density at radius 2 is 1.50 bits per heavy atom. The van der Waals surface area contributed by atoms with Crippen LogP contribution in [0.2, 0.25) is 0 Å². The molecular weight excluding hydrogens is 304 g/mol. The van der Waals surface area contributed by atoms with Gasteiger partial charge in [-0.25, -0.2) is 0 Å². The summed E-state index contributed by atoms with van der Waals surface area (Å²) in [4.78, 5) is 37.3. The molecule has 1 aliphatic carbocycles. The van der Waals surface area contributed by atoms with Crippen LogP contribution in [0.15, 0.2) is 42.5 Å². The van der Waals surface area contributed by atoms with Crippen LogP contribution in [0.1, 0.15) is 55.0 Å². The Balaban J connectivity index is 1.87. The van der Waals surface area contributed by atoms with Gasteiger partial charge in [-0.2, -0.15) is 0 Å². The molecule has 0 spiro atoms. The summed E-state index contributed by atoms with van der Waals surface area (Å²) in [6.07, 6.45) is 1.65. The Bertz CT molecular complexity index is 827. The van der Waals surface area contributed by atoms with Crippen LogP contribution in [-0.4, -0.2) is 30.6 Å². The third-order valence-electron chi connectivity index (χ3n) is 4.10. The topological polar surface area (TPSA) is 89.3 Å². The number of unbranched alkanes of at least 4 members (excludes halogenated alkanes) is 1. The lowest BCUT2D eigenvalue weighted by Gasteiger charge is -2.17. The van der Waals surface area contributed by atoms with E-state index in [-0.39, 0.29) is 23.0 Å². The van der Waals surface area contributed by atoms with Crippen LogP contribution in [0.5, 0.6) is 0 Å². The van der Waals surface area contributed by atoms with Crippen molar-refractivity contribution in [2.75, 3.05) is 13.1 Å². The van der Waals surface area contributed by atoms with Crippen molar-refractivity contribution in [2.24, 2.45) is 5.73 Å². The molecule has 1 amide bonds. The average molecular weight is 322 g/mol. The second-order valence-electron chi connectivity index (χ2n) is 5.72. The predicted octanol–water partition coefficient (Wildman–Crippen LogP) is 1.93. The summed E-state index contributed by atoms with van der Waals surface area (Å²) >= 11 is 0. The van der Waals surface area contributed by atoms with Crippen LogP contribution in [-0.2, 0) is 0 Å². The zero-order valence-electron chi connectivity index (χ0n) is 13.2. The number of hydrogen-bond acceptors (Lipinski definition) is 4. The molecule has 0 aromatic heterocycles. The molecule has 3 rings (SSSR count). The standard InChI is InChI=1S/C19H18N2O3/c20-9-3-4-10-21-19(24)12-7-8-15-16(11-12)18(23)14-6-2-1-5-13(14)17(15)22/h1-2,5-8,11H,3-4,9-10,20H2,(H,21,24). The molecule has 2 aromatic carbocycles. The first-order chi connectivity index (χ1) is 11.6. The first kappa shape index (κ1) is 16.1. The highest BCUT2D eigenvalue weighted by atomic mass is 16.2. The van der Waals surface area contributed by atoms with Gasteiger partial charge in [-0.15, -0.1) is 0 Å². The fourth-order valence-corrected chi connectivity index (χ4v) is 2.81. The number of ketones is 2. The molecule has 0 bridgehead atoms. The lowest BCUT2D eigenvalue weighted by atomic mass is 9.83. The molecule has 122 valence electrons. The van der Waals surface area contributed by atoms with Crippen molar-refractivity contribution in [3.8, 4) is 0 Å². The minimum Gasteiger partial charge on any atom is -0.352 e. The van der Waals surface area contributed by atoms with Crippen LogP contribution in [0.25, 0.3) is 0 Å². The minimum absolute atomic E-state index is 0.185. The van der Waals surface area contributed by atoms with E-state index in [1.54, 1.807) is 36.4 Å². The Morgan fingerprint density at radius 3 is 2.17 bits per heavy atom. The highest BCUT2D eigenvalue weighted by molar-refractivity contribution is 6.28. The number of fused-ring (bicyclic) bond motifs is 2. The molecule has 0 saturated heterocycles. The van der Waals surface area contributed by atoms with E-state index in [9.17, 15) is 14.4 Å². The fraction of sp³-hybridized carbons (Fsp3) is 0.211. The van der Waals surface area contributed by atoms with Gasteiger partial charge in [-0.3, -0.25) is 14.4 Å². The number of benzene rings is 2. The number of nitrogens with one attached hydrogen (secondary N) is 1. The van der Waals surface area contributed by atoms with E-state index in [1.165, 1.54) is 6.07 Å². The highest BCUT2D eigenvalue weighted by Gasteiger charge is 2.29. The van der Waals surface area contributed by atoms with Crippen LogP contribution in [0, 0.1) is 0 Å². The zero-order chi connectivity index (χ0) is 17.1. The molecule has 3 N–H and O–H groups in total. The van der Waals surface area contributed by atoms with Crippen molar-refractivity contribution in [3.63, 3.8) is 0 Å². The largest absolute Gasteiger partial charge is 0.352 e. The van der Waals surface area contributed by atoms with Gasteiger partial charge in [0.05, 0.1) is 0 Å². The third kappa shape index (κ3) is 2.86. The van der Waals surface area contributed by atoms with Gasteiger partial charge >= 0.3 is 0 Å². The summed E-state index contributed by atoms with van der Waals surface area (Å²) in [5.41, 5.74) is 7.22. The van der Waals surface area contributed by atoms with Crippen molar-refractivity contribution < 1.29 is 14.4 Å². The lowest BCUT2D eigenvalue weighted by molar-refractivity contribution is 0.0950. The van der Waals surface area contributed by atoms with Crippen molar-refractivity contribution in [1.82, 2.24) is 5.32 Å². The Labute approximate surface area is 139 Å². The molecule has 5 nitrogen and oxygen atoms in total. The van der Waals surface area contributed by atoms with Crippen molar-refractivity contribution >= 4 is 17.5 Å². The number of carbonyl (C=O) groups is 3. The summed E-state index contributed by atoms with van der Waals surface area (Å²) in [5, 5.41) is 2.80. The second-order valence-corrected chi connectivity index (χ2v) is 5.72. The summed E-state index contributed by atoms with van der Waals surface area (Å²) in [6, 6.07) is 11.4. The van der Waals surface area contributed by atoms with Crippen molar-refractivity contribution in [3.05, 3.63) is 70.3 Å². The first-order valence-corrected chi connectivity index (χ1v) is 7.94. The van der Waals surface area contributed by atoms with Crippen LogP contribution >= 0.6 is 0 Å². The number of amides is 1. The monoisotopic (exact) mass is 322 g/mol. The zero-order valence-corrected chi connectivity index (χ0v) is 13.2. The van der Waals surface area contributed by atoms with Gasteiger partial charge in [0.1, 0.15) is 0 Å². The minimum atomic E-state index is -0.256. The summed E-state index contributed by atoms with van der Waals surface area (Å²) in [6.45, 7) is 1.12. The predicted molar refractivity (Wildman–Crippen MR) is 90.4 cm³/mol. The van der Waals surface area contributed by atoms with Crippen molar-refractivity contribution in [1.29, 1.82) is 0 Å². The van der Waals surface area contributed by atoms with Gasteiger partial charge in [0, 0.05) is 34.4 Å². The van der Waals surface area contributed by atoms with E-state index in [4.69, 9.17) is 5.73 Å². The van der Waals surface area contributed by atoms with Crippen LogP contribution < -0.4 is 11.1 Å². The second kappa shape index (κ2) is 6.76. The smallest absolute Gasteiger partial charge is 0.251 e. The lowest BCUT2D eigenvalue weighted by Crippen LogP contribution is -2.26. The summed E-state index contributed by atoms with van der Waals surface area (Å²) in [7, 11) is 0. The first-order valence-electron chi connectivity index (χ1n) is 7.94. The van der Waals surface area contributed by atoms with Crippen LogP contribution in [0.3, 0.4) is 0 Å². The van der Waals surface area contributed by atoms with E-state index < -0.39 is 0 Å². The molecule has 2 aromatic rings. The fourth-order valence-electron chi connectivity index (χ4n) is 2.81. The molecule has 0 saturated carbocycles. The number of rotatable bonds is 5. The molecule has 0 radical (unpaired) electrons. The molecule has 5 heteroatoms. The number of hydrogen-bond donors (Lipinski definition) is 2. The molecule has 0 heterocycles. The maximum absolute atomic E-state index is 12.6. The Hall–Kier alpha value is -2.79. The number of nitrogens with two attached hydrogens (primary N) is 1. The van der Waals surface area contributed by atoms with Crippen LogP contribution in [0.4, 0.5) is 0 Å². The Morgan fingerprint density at radius 1 is 0.875 bits per heavy atom. The van der Waals surface area contributed by atoms with E-state index >= 15 is 0 Å². The van der Waals surface area contributed by atoms with E-state index in [0.29, 0.717) is 35.3 Å². The van der Waals surface area contributed by atoms with Gasteiger partial charge in [-0.1, -0.05) is 24.3 Å². The molecule has 0 fully saturated rings. The maximum Gasteiger partial charge on any atom is 0.251 e. The summed E-state index contributed by atoms with van der Waals surface area (Å²) < 4.78 is 0. The Kier molecular flexibility index (Phi) is 4.53. The van der Waals surface area contributed by atoms with Gasteiger partial charge < -0.3 is 11.1 Å². The van der Waals surface area contributed by atoms with Gasteiger partial charge in [0.25, 0.3) is 5.91 Å². The molecule has 0 atom stereocenters. The van der Waals surface area contributed by atoms with Gasteiger partial charge in [0.2, 0.25) is 0 Å². The molecule has 0 unspecified atom stereocenters. The molecular formula is C19H18N2O3. The normalized spacial score (nSPS) is 12.5. The van der Waals surface area contributed by atoms with Gasteiger partial charge in [0.15, 0.2) is 11.6 Å². The molecule has 24 heavy (non-hydrogen) atoms. The molecule has 0 aliphatic heterocycles. The quantitative estimate of drug-likeness (QED) is 0.702. The van der Waals surface area contributed by atoms with Gasteiger partial charge in [-0.05, 0) is 37.6 Å². The average Bonchev–Trinajstić information content (AvgIpc) is 2.62. The highest BCUT2D eigenvalue weighted by Crippen LogP contribution is 2.27. The SMILES string of the molecule is NCCCCNC(=O)c1ccc2c(c1)C(=O)c1ccccc1C2=O. The van der Waals surface area contributed by atoms with Crippen molar-refractivity contribution in [2.45, 2.75) is 12.8 Å². The maximum atomic E-state index is 12.6. The summed E-state index contributed by atoms with van der Waals surface area (Å²) in [5.74, 6) is -0.665. The van der Waals surface area contributed by atoms with E-state index in [0.717, 1.165) is 12.8 Å². The van der Waals surface area contributed by atoms with E-state index in [1.807, 2.05) is 0 Å². The molecule has 1 aliphatic rings. The third-order valence-corrected chi connectivity index (χ3v) is 4.10. The van der Waals surface area contributed by atoms with E-state index in [2.05, 4.69) is 5.32 Å². The number of carbonyl (C=O) groups excluding carboxylic acids is 3.